The number of rotatable bonds is 6. The van der Waals surface area contributed by atoms with Gasteiger partial charge in [0.05, 0.1) is 27.7 Å². The Morgan fingerprint density at radius 2 is 2.03 bits per heavy atom. The number of nitrogens with zero attached hydrogens (tertiary/aromatic N) is 2. The van der Waals surface area contributed by atoms with E-state index in [2.05, 4.69) is 15.4 Å². The minimum atomic E-state index is -0.162. The molecule has 1 amide bonds. The van der Waals surface area contributed by atoms with Gasteiger partial charge in [0, 0.05) is 41.2 Å². The highest BCUT2D eigenvalue weighted by molar-refractivity contribution is 7.99. The zero-order valence-corrected chi connectivity index (χ0v) is 18.9. The van der Waals surface area contributed by atoms with Crippen LogP contribution in [0.3, 0.4) is 0 Å². The quantitative estimate of drug-likeness (QED) is 0.475. The lowest BCUT2D eigenvalue weighted by atomic mass is 10.2. The van der Waals surface area contributed by atoms with Gasteiger partial charge in [0.1, 0.15) is 5.76 Å². The van der Waals surface area contributed by atoms with Crippen LogP contribution in [0.15, 0.2) is 57.9 Å². The second-order valence-corrected chi connectivity index (χ2v) is 9.59. The molecule has 0 unspecified atom stereocenters. The van der Waals surface area contributed by atoms with Gasteiger partial charge in [0.25, 0.3) is 5.91 Å². The average molecular weight is 460 g/mol. The summed E-state index contributed by atoms with van der Waals surface area (Å²) >= 11 is 10.0. The number of nitrogens with one attached hydrogen (secondary N) is 1. The number of carbonyl (C=O) groups is 1. The summed E-state index contributed by atoms with van der Waals surface area (Å²) < 4.78 is 5.27. The maximum absolute atomic E-state index is 12.9. The van der Waals surface area contributed by atoms with E-state index in [1.165, 1.54) is 0 Å². The summed E-state index contributed by atoms with van der Waals surface area (Å²) in [6.45, 7) is 3.87. The van der Waals surface area contributed by atoms with E-state index in [0.29, 0.717) is 22.0 Å². The zero-order valence-electron chi connectivity index (χ0n) is 16.6. The van der Waals surface area contributed by atoms with Crippen LogP contribution >= 0.6 is 35.1 Å². The van der Waals surface area contributed by atoms with Crippen molar-refractivity contribution in [1.29, 1.82) is 0 Å². The summed E-state index contributed by atoms with van der Waals surface area (Å²) in [5, 5.41) is 7.54. The monoisotopic (exact) mass is 459 g/mol. The fraction of sp³-hybridized carbons (Fsp3) is 0.273. The van der Waals surface area contributed by atoms with Crippen LogP contribution in [-0.2, 0) is 5.75 Å². The Morgan fingerprint density at radius 1 is 1.23 bits per heavy atom. The molecule has 3 aromatic rings. The van der Waals surface area contributed by atoms with Crippen LogP contribution in [0.2, 0.25) is 5.02 Å². The molecule has 2 aromatic carbocycles. The predicted octanol–water partition coefficient (Wildman–Crippen LogP) is 5.73. The summed E-state index contributed by atoms with van der Waals surface area (Å²) in [5.74, 6) is 3.45. The lowest BCUT2D eigenvalue weighted by Gasteiger charge is -2.29. The lowest BCUT2D eigenvalue weighted by molar-refractivity contribution is 0.102. The molecule has 0 bridgehead atoms. The molecule has 0 atom stereocenters. The molecule has 1 aliphatic heterocycles. The number of hydrogen-bond donors (Lipinski definition) is 1. The summed E-state index contributed by atoms with van der Waals surface area (Å²) in [4.78, 5) is 16.1. The van der Waals surface area contributed by atoms with Crippen LogP contribution in [-0.4, -0.2) is 35.7 Å². The highest BCUT2D eigenvalue weighted by atomic mass is 35.5. The van der Waals surface area contributed by atoms with Gasteiger partial charge in [-0.3, -0.25) is 4.79 Å². The molecule has 1 N–H and O–H groups in total. The number of amides is 1. The standard InChI is InChI=1S/C22H22ClN3O2S2/c1-15-12-17(28-25-15)14-30-21-5-3-2-4-18(21)22(27)24-16-6-7-20(19(23)13-16)26-8-10-29-11-9-26/h2-7,12-13H,8-11,14H2,1H3,(H,24,27). The molecule has 1 saturated heterocycles. The molecule has 1 aromatic heterocycles. The third kappa shape index (κ3) is 5.14. The molecule has 1 aliphatic rings. The molecule has 0 spiro atoms. The van der Waals surface area contributed by atoms with E-state index in [4.69, 9.17) is 16.1 Å². The first-order chi connectivity index (χ1) is 14.6. The van der Waals surface area contributed by atoms with Crippen LogP contribution in [0.25, 0.3) is 0 Å². The molecular weight excluding hydrogens is 438 g/mol. The van der Waals surface area contributed by atoms with Crippen molar-refractivity contribution in [2.24, 2.45) is 0 Å². The molecular formula is C22H22ClN3O2S2. The minimum Gasteiger partial charge on any atom is -0.369 e. The molecule has 0 radical (unpaired) electrons. The summed E-state index contributed by atoms with van der Waals surface area (Å²) in [6, 6.07) is 15.2. The van der Waals surface area contributed by atoms with Crippen molar-refractivity contribution in [3.05, 3.63) is 70.6 Å². The fourth-order valence-corrected chi connectivity index (χ4v) is 5.39. The van der Waals surface area contributed by atoms with E-state index >= 15 is 0 Å². The number of hydrogen-bond acceptors (Lipinski definition) is 6. The topological polar surface area (TPSA) is 58.4 Å². The van der Waals surface area contributed by atoms with Crippen LogP contribution < -0.4 is 10.2 Å². The molecule has 0 aliphatic carbocycles. The molecule has 5 nitrogen and oxygen atoms in total. The van der Waals surface area contributed by atoms with Gasteiger partial charge >= 0.3 is 0 Å². The van der Waals surface area contributed by atoms with Crippen molar-refractivity contribution < 1.29 is 9.32 Å². The Morgan fingerprint density at radius 3 is 2.77 bits per heavy atom. The fourth-order valence-electron chi connectivity index (χ4n) is 3.26. The largest absolute Gasteiger partial charge is 0.369 e. The second kappa shape index (κ2) is 9.81. The predicted molar refractivity (Wildman–Crippen MR) is 126 cm³/mol. The number of halogens is 1. The molecule has 1 fully saturated rings. The van der Waals surface area contributed by atoms with Gasteiger partial charge in [-0.25, -0.2) is 0 Å². The maximum atomic E-state index is 12.9. The first-order valence-electron chi connectivity index (χ1n) is 9.68. The number of thioether (sulfide) groups is 2. The van der Waals surface area contributed by atoms with Crippen molar-refractivity contribution in [2.45, 2.75) is 17.6 Å². The van der Waals surface area contributed by atoms with Crippen LogP contribution in [0.4, 0.5) is 11.4 Å². The Labute approximate surface area is 189 Å². The molecule has 2 heterocycles. The molecule has 156 valence electrons. The van der Waals surface area contributed by atoms with E-state index < -0.39 is 0 Å². The molecule has 30 heavy (non-hydrogen) atoms. The second-order valence-electron chi connectivity index (χ2n) is 6.94. The number of anilines is 2. The van der Waals surface area contributed by atoms with Crippen LogP contribution in [0, 0.1) is 6.92 Å². The van der Waals surface area contributed by atoms with Gasteiger partial charge in [0.2, 0.25) is 0 Å². The molecule has 4 rings (SSSR count). The van der Waals surface area contributed by atoms with Gasteiger partial charge in [-0.2, -0.15) is 11.8 Å². The van der Waals surface area contributed by atoms with Gasteiger partial charge in [-0.05, 0) is 37.3 Å². The summed E-state index contributed by atoms with van der Waals surface area (Å²) in [7, 11) is 0. The molecule has 0 saturated carbocycles. The normalized spacial score (nSPS) is 14.0. The number of aryl methyl sites for hydroxylation is 1. The Bertz CT molecular complexity index is 1030. The van der Waals surface area contributed by atoms with Crippen molar-refractivity contribution >= 4 is 52.4 Å². The van der Waals surface area contributed by atoms with Crippen molar-refractivity contribution in [3.8, 4) is 0 Å². The van der Waals surface area contributed by atoms with E-state index in [-0.39, 0.29) is 5.91 Å². The Balaban J connectivity index is 1.45. The van der Waals surface area contributed by atoms with Gasteiger partial charge in [-0.1, -0.05) is 28.9 Å². The van der Waals surface area contributed by atoms with Crippen LogP contribution in [0.5, 0.6) is 0 Å². The van der Waals surface area contributed by atoms with E-state index in [0.717, 1.165) is 46.6 Å². The van der Waals surface area contributed by atoms with Crippen molar-refractivity contribution in [1.82, 2.24) is 5.16 Å². The van der Waals surface area contributed by atoms with Crippen LogP contribution in [0.1, 0.15) is 21.8 Å². The van der Waals surface area contributed by atoms with E-state index in [1.807, 2.05) is 67.2 Å². The first-order valence-corrected chi connectivity index (χ1v) is 12.2. The Hall–Kier alpha value is -2.09. The van der Waals surface area contributed by atoms with Gasteiger partial charge in [0.15, 0.2) is 0 Å². The van der Waals surface area contributed by atoms with Crippen molar-refractivity contribution in [2.75, 3.05) is 34.8 Å². The number of carbonyl (C=O) groups excluding carboxylic acids is 1. The number of benzene rings is 2. The Kier molecular flexibility index (Phi) is 6.92. The maximum Gasteiger partial charge on any atom is 0.256 e. The molecule has 8 heteroatoms. The SMILES string of the molecule is Cc1cc(CSc2ccccc2C(=O)Nc2ccc(N3CCSCC3)c(Cl)c2)on1. The van der Waals surface area contributed by atoms with Crippen molar-refractivity contribution in [3.63, 3.8) is 0 Å². The average Bonchev–Trinajstić information content (AvgIpc) is 3.18. The van der Waals surface area contributed by atoms with Gasteiger partial charge in [-0.15, -0.1) is 11.8 Å². The summed E-state index contributed by atoms with van der Waals surface area (Å²) in [5.41, 5.74) is 3.17. The minimum absolute atomic E-state index is 0.162. The number of aromatic nitrogens is 1. The zero-order chi connectivity index (χ0) is 20.9. The summed E-state index contributed by atoms with van der Waals surface area (Å²) in [6.07, 6.45) is 0. The lowest BCUT2D eigenvalue weighted by Crippen LogP contribution is -2.32. The third-order valence-corrected chi connectivity index (χ3v) is 7.08. The van der Waals surface area contributed by atoms with E-state index in [1.54, 1.807) is 11.8 Å². The smallest absolute Gasteiger partial charge is 0.256 e. The van der Waals surface area contributed by atoms with E-state index in [9.17, 15) is 4.79 Å². The highest BCUT2D eigenvalue weighted by Crippen LogP contribution is 2.31. The third-order valence-electron chi connectivity index (χ3n) is 4.74. The van der Waals surface area contributed by atoms with Gasteiger partial charge < -0.3 is 14.7 Å². The highest BCUT2D eigenvalue weighted by Gasteiger charge is 2.16. The first kappa shape index (κ1) is 21.2.